The molecule has 1 saturated carbocycles. The van der Waals surface area contributed by atoms with Crippen LogP contribution in [0, 0.1) is 11.3 Å². The zero-order valence-electron chi connectivity index (χ0n) is 10.2. The lowest BCUT2D eigenvalue weighted by molar-refractivity contribution is 0.0816. The second-order valence-corrected chi connectivity index (χ2v) is 5.85. The van der Waals surface area contributed by atoms with E-state index in [1.165, 1.54) is 12.8 Å². The van der Waals surface area contributed by atoms with Gasteiger partial charge in [-0.05, 0) is 30.6 Å². The van der Waals surface area contributed by atoms with Crippen molar-refractivity contribution in [3.63, 3.8) is 0 Å². The molecule has 0 radical (unpaired) electrons. The van der Waals surface area contributed by atoms with Gasteiger partial charge in [0, 0.05) is 12.6 Å². The topological polar surface area (TPSA) is 52.5 Å². The van der Waals surface area contributed by atoms with Gasteiger partial charge in [0.05, 0.1) is 12.7 Å². The van der Waals surface area contributed by atoms with E-state index in [1.807, 2.05) is 0 Å². The molecule has 1 aliphatic carbocycles. The molecule has 3 nitrogen and oxygen atoms in total. The van der Waals surface area contributed by atoms with Crippen molar-refractivity contribution in [3.05, 3.63) is 0 Å². The third-order valence-corrected chi connectivity index (χ3v) is 3.24. The van der Waals surface area contributed by atoms with E-state index in [-0.39, 0.29) is 6.61 Å². The van der Waals surface area contributed by atoms with Crippen LogP contribution in [0.2, 0.25) is 0 Å². The molecule has 1 aliphatic rings. The molecular weight excluding hydrogens is 190 g/mol. The highest BCUT2D eigenvalue weighted by Gasteiger charge is 2.31. The van der Waals surface area contributed by atoms with Gasteiger partial charge in [-0.2, -0.15) is 0 Å². The van der Waals surface area contributed by atoms with Gasteiger partial charge >= 0.3 is 0 Å². The van der Waals surface area contributed by atoms with Gasteiger partial charge in [0.15, 0.2) is 0 Å². The minimum absolute atomic E-state index is 0.154. The molecule has 15 heavy (non-hydrogen) atoms. The molecule has 0 unspecified atom stereocenters. The van der Waals surface area contributed by atoms with Gasteiger partial charge in [-0.1, -0.05) is 20.8 Å². The molecule has 0 amide bonds. The summed E-state index contributed by atoms with van der Waals surface area (Å²) in [6, 6.07) is 0.491. The van der Waals surface area contributed by atoms with Crippen molar-refractivity contribution in [2.24, 2.45) is 11.3 Å². The van der Waals surface area contributed by atoms with Gasteiger partial charge in [0.2, 0.25) is 0 Å². The highest BCUT2D eigenvalue weighted by Crippen LogP contribution is 2.38. The van der Waals surface area contributed by atoms with Crippen LogP contribution in [0.15, 0.2) is 0 Å². The number of aliphatic hydroxyl groups is 2. The lowest BCUT2D eigenvalue weighted by atomic mass is 9.70. The van der Waals surface area contributed by atoms with Crippen LogP contribution in [-0.4, -0.2) is 35.5 Å². The first kappa shape index (κ1) is 12.9. The van der Waals surface area contributed by atoms with Crippen molar-refractivity contribution in [2.45, 2.75) is 52.2 Å². The molecule has 1 fully saturated rings. The Labute approximate surface area is 92.9 Å². The van der Waals surface area contributed by atoms with E-state index >= 15 is 0 Å². The van der Waals surface area contributed by atoms with Gasteiger partial charge in [-0.15, -0.1) is 0 Å². The van der Waals surface area contributed by atoms with Crippen LogP contribution in [0.4, 0.5) is 0 Å². The summed E-state index contributed by atoms with van der Waals surface area (Å²) in [5, 5.41) is 21.3. The van der Waals surface area contributed by atoms with E-state index in [0.29, 0.717) is 18.0 Å². The fourth-order valence-corrected chi connectivity index (χ4v) is 2.87. The Morgan fingerprint density at radius 2 is 2.07 bits per heavy atom. The van der Waals surface area contributed by atoms with Crippen LogP contribution in [-0.2, 0) is 0 Å². The van der Waals surface area contributed by atoms with E-state index in [2.05, 4.69) is 26.1 Å². The van der Waals surface area contributed by atoms with Gasteiger partial charge in [-0.3, -0.25) is 0 Å². The number of rotatable bonds is 4. The average Bonchev–Trinajstić information content (AvgIpc) is 2.11. The highest BCUT2D eigenvalue weighted by molar-refractivity contribution is 4.86. The second-order valence-electron chi connectivity index (χ2n) is 5.85. The maximum absolute atomic E-state index is 9.27. The zero-order valence-corrected chi connectivity index (χ0v) is 10.2. The van der Waals surface area contributed by atoms with Crippen molar-refractivity contribution in [3.8, 4) is 0 Å². The van der Waals surface area contributed by atoms with Crippen molar-refractivity contribution in [2.75, 3.05) is 13.2 Å². The number of aliphatic hydroxyl groups excluding tert-OH is 2. The van der Waals surface area contributed by atoms with Crippen molar-refractivity contribution in [1.82, 2.24) is 5.32 Å². The summed E-state index contributed by atoms with van der Waals surface area (Å²) in [7, 11) is 0. The van der Waals surface area contributed by atoms with E-state index in [9.17, 15) is 5.11 Å². The van der Waals surface area contributed by atoms with Gasteiger partial charge in [0.25, 0.3) is 0 Å². The summed E-state index contributed by atoms with van der Waals surface area (Å²) >= 11 is 0. The predicted molar refractivity (Wildman–Crippen MR) is 61.7 cm³/mol. The third kappa shape index (κ3) is 4.49. The van der Waals surface area contributed by atoms with Gasteiger partial charge in [-0.25, -0.2) is 0 Å². The third-order valence-electron chi connectivity index (χ3n) is 3.24. The van der Waals surface area contributed by atoms with Crippen LogP contribution in [0.3, 0.4) is 0 Å². The van der Waals surface area contributed by atoms with Crippen LogP contribution < -0.4 is 5.32 Å². The summed E-state index contributed by atoms with van der Waals surface area (Å²) < 4.78 is 0. The quantitative estimate of drug-likeness (QED) is 0.659. The first-order valence-corrected chi connectivity index (χ1v) is 5.95. The Morgan fingerprint density at radius 3 is 2.60 bits per heavy atom. The first-order chi connectivity index (χ1) is 6.93. The smallest absolute Gasteiger partial charge is 0.0895 e. The van der Waals surface area contributed by atoms with Crippen LogP contribution in [0.5, 0.6) is 0 Å². The molecule has 3 N–H and O–H groups in total. The summed E-state index contributed by atoms with van der Waals surface area (Å²) in [6.07, 6.45) is 3.01. The molecule has 0 heterocycles. The molecule has 0 aliphatic heterocycles. The monoisotopic (exact) mass is 215 g/mol. The first-order valence-electron chi connectivity index (χ1n) is 5.95. The zero-order chi connectivity index (χ0) is 11.5. The Balaban J connectivity index is 2.35. The normalized spacial score (nSPS) is 32.6. The van der Waals surface area contributed by atoms with Crippen LogP contribution in [0.1, 0.15) is 40.0 Å². The summed E-state index contributed by atoms with van der Waals surface area (Å²) in [5.41, 5.74) is 0.402. The molecule has 3 atom stereocenters. The molecule has 0 aromatic heterocycles. The van der Waals surface area contributed by atoms with E-state index in [1.54, 1.807) is 0 Å². The Bertz CT molecular complexity index is 194. The SMILES string of the molecule is C[C@H]1C[C@@H](NC[C@H](O)CO)CC(C)(C)C1. The van der Waals surface area contributed by atoms with Crippen molar-refractivity contribution >= 4 is 0 Å². The fraction of sp³-hybridized carbons (Fsp3) is 1.00. The number of hydrogen-bond donors (Lipinski definition) is 3. The lowest BCUT2D eigenvalue weighted by Gasteiger charge is -2.39. The summed E-state index contributed by atoms with van der Waals surface area (Å²) in [5.74, 6) is 0.748. The molecule has 90 valence electrons. The minimum Gasteiger partial charge on any atom is -0.394 e. The van der Waals surface area contributed by atoms with E-state index in [4.69, 9.17) is 5.11 Å². The molecule has 3 heteroatoms. The minimum atomic E-state index is -0.620. The fourth-order valence-electron chi connectivity index (χ4n) is 2.87. The van der Waals surface area contributed by atoms with Crippen molar-refractivity contribution < 1.29 is 10.2 Å². The van der Waals surface area contributed by atoms with Crippen LogP contribution >= 0.6 is 0 Å². The van der Waals surface area contributed by atoms with E-state index in [0.717, 1.165) is 12.3 Å². The number of hydrogen-bond acceptors (Lipinski definition) is 3. The predicted octanol–water partition coefficient (Wildman–Crippen LogP) is 1.14. The summed E-state index contributed by atoms with van der Waals surface area (Å²) in [4.78, 5) is 0. The maximum Gasteiger partial charge on any atom is 0.0895 e. The standard InChI is InChI=1S/C12H25NO2/c1-9-4-10(6-12(2,3)5-9)13-7-11(15)8-14/h9-11,13-15H,4-8H2,1-3H3/t9-,10+,11-/m0/s1. The number of nitrogens with one attached hydrogen (secondary N) is 1. The lowest BCUT2D eigenvalue weighted by Crippen LogP contribution is -2.43. The summed E-state index contributed by atoms with van der Waals surface area (Å²) in [6.45, 7) is 7.25. The second kappa shape index (κ2) is 5.28. The average molecular weight is 215 g/mol. The molecule has 1 rings (SSSR count). The Kier molecular flexibility index (Phi) is 4.56. The molecule has 0 aromatic carbocycles. The Hall–Kier alpha value is -0.120. The molecule has 0 bridgehead atoms. The molecule has 0 saturated heterocycles. The van der Waals surface area contributed by atoms with Gasteiger partial charge in [0.1, 0.15) is 0 Å². The molecule has 0 aromatic rings. The van der Waals surface area contributed by atoms with E-state index < -0.39 is 6.10 Å². The van der Waals surface area contributed by atoms with Crippen molar-refractivity contribution in [1.29, 1.82) is 0 Å². The highest BCUT2D eigenvalue weighted by atomic mass is 16.3. The maximum atomic E-state index is 9.27. The van der Waals surface area contributed by atoms with Crippen LogP contribution in [0.25, 0.3) is 0 Å². The Morgan fingerprint density at radius 1 is 1.40 bits per heavy atom. The largest absolute Gasteiger partial charge is 0.394 e. The molecule has 0 spiro atoms. The van der Waals surface area contributed by atoms with Gasteiger partial charge < -0.3 is 15.5 Å². The molecular formula is C12H25NO2.